The fourth-order valence-electron chi connectivity index (χ4n) is 2.39. The van der Waals surface area contributed by atoms with Gasteiger partial charge in [-0.1, -0.05) is 23.7 Å². The van der Waals surface area contributed by atoms with Gasteiger partial charge in [-0.2, -0.15) is 0 Å². The van der Waals surface area contributed by atoms with Gasteiger partial charge < -0.3 is 10.1 Å². The lowest BCUT2D eigenvalue weighted by atomic mass is 10.2. The molecule has 2 aromatic carbocycles. The SMILES string of the molecule is COC1=C(C(=O)Nc2ccc(Cl)cc2)S(=O)(=O)c2ccccc21. The first-order valence-electron chi connectivity index (χ1n) is 6.65. The minimum Gasteiger partial charge on any atom is -0.494 e. The van der Waals surface area contributed by atoms with E-state index in [1.807, 2.05) is 0 Å². The molecule has 118 valence electrons. The van der Waals surface area contributed by atoms with Crippen LogP contribution in [0.25, 0.3) is 5.76 Å². The van der Waals surface area contributed by atoms with E-state index in [1.54, 1.807) is 42.5 Å². The van der Waals surface area contributed by atoms with Crippen LogP contribution in [-0.4, -0.2) is 21.4 Å². The zero-order valence-electron chi connectivity index (χ0n) is 12.0. The van der Waals surface area contributed by atoms with Gasteiger partial charge in [0, 0.05) is 16.3 Å². The van der Waals surface area contributed by atoms with Crippen molar-refractivity contribution in [1.29, 1.82) is 0 Å². The summed E-state index contributed by atoms with van der Waals surface area (Å²) in [6.07, 6.45) is 0. The molecule has 0 radical (unpaired) electrons. The van der Waals surface area contributed by atoms with Gasteiger partial charge in [0.2, 0.25) is 9.84 Å². The first-order chi connectivity index (χ1) is 10.9. The van der Waals surface area contributed by atoms with E-state index in [9.17, 15) is 13.2 Å². The Kier molecular flexibility index (Phi) is 3.87. The minimum absolute atomic E-state index is 0.0482. The van der Waals surface area contributed by atoms with Crippen LogP contribution in [0.5, 0.6) is 0 Å². The summed E-state index contributed by atoms with van der Waals surface area (Å²) in [6.45, 7) is 0. The van der Waals surface area contributed by atoms with E-state index in [-0.39, 0.29) is 10.7 Å². The summed E-state index contributed by atoms with van der Waals surface area (Å²) in [5, 5.41) is 3.07. The fourth-order valence-corrected chi connectivity index (χ4v) is 4.18. The summed E-state index contributed by atoms with van der Waals surface area (Å²) in [6, 6.07) is 12.7. The quantitative estimate of drug-likeness (QED) is 0.924. The molecule has 23 heavy (non-hydrogen) atoms. The number of hydrogen-bond acceptors (Lipinski definition) is 4. The Bertz CT molecular complexity index is 917. The summed E-state index contributed by atoms with van der Waals surface area (Å²) >= 11 is 5.79. The number of hydrogen-bond donors (Lipinski definition) is 1. The maximum Gasteiger partial charge on any atom is 0.271 e. The first-order valence-corrected chi connectivity index (χ1v) is 8.51. The number of carbonyl (C=O) groups is 1. The van der Waals surface area contributed by atoms with Gasteiger partial charge in [-0.15, -0.1) is 0 Å². The van der Waals surface area contributed by atoms with E-state index in [0.29, 0.717) is 16.3 Å². The van der Waals surface area contributed by atoms with Crippen molar-refractivity contribution < 1.29 is 17.9 Å². The lowest BCUT2D eigenvalue weighted by Gasteiger charge is -2.08. The van der Waals surface area contributed by atoms with Gasteiger partial charge in [0.1, 0.15) is 0 Å². The highest BCUT2D eigenvalue weighted by atomic mass is 35.5. The molecule has 0 saturated carbocycles. The molecule has 1 N–H and O–H groups in total. The predicted octanol–water partition coefficient (Wildman–Crippen LogP) is 3.08. The van der Waals surface area contributed by atoms with Crippen molar-refractivity contribution >= 4 is 38.8 Å². The second-order valence-corrected chi connectivity index (χ2v) is 7.11. The number of carbonyl (C=O) groups excluding carboxylic acids is 1. The monoisotopic (exact) mass is 349 g/mol. The number of sulfone groups is 1. The lowest BCUT2D eigenvalue weighted by Crippen LogP contribution is -2.19. The number of fused-ring (bicyclic) bond motifs is 1. The molecular weight excluding hydrogens is 338 g/mol. The van der Waals surface area contributed by atoms with E-state index in [2.05, 4.69) is 5.32 Å². The number of amides is 1. The van der Waals surface area contributed by atoms with Crippen LogP contribution >= 0.6 is 11.6 Å². The number of benzene rings is 2. The number of ether oxygens (including phenoxy) is 1. The molecule has 0 aromatic heterocycles. The van der Waals surface area contributed by atoms with Crippen LogP contribution < -0.4 is 5.32 Å². The highest BCUT2D eigenvalue weighted by molar-refractivity contribution is 7.97. The molecule has 1 aliphatic heterocycles. The van der Waals surface area contributed by atoms with Gasteiger partial charge in [-0.3, -0.25) is 4.79 Å². The van der Waals surface area contributed by atoms with Crippen LogP contribution in [0.15, 0.2) is 58.3 Å². The number of halogens is 1. The molecule has 0 fully saturated rings. The van der Waals surface area contributed by atoms with Crippen LogP contribution in [-0.2, 0) is 19.4 Å². The highest BCUT2D eigenvalue weighted by Gasteiger charge is 2.40. The third-order valence-corrected chi connectivity index (χ3v) is 5.50. The van der Waals surface area contributed by atoms with Crippen molar-refractivity contribution in [2.45, 2.75) is 4.90 Å². The number of methoxy groups -OCH3 is 1. The van der Waals surface area contributed by atoms with Gasteiger partial charge in [-0.05, 0) is 36.4 Å². The van der Waals surface area contributed by atoms with Crippen LogP contribution in [0.4, 0.5) is 5.69 Å². The van der Waals surface area contributed by atoms with E-state index in [0.717, 1.165) is 0 Å². The molecule has 0 aliphatic carbocycles. The minimum atomic E-state index is -3.92. The lowest BCUT2D eigenvalue weighted by molar-refractivity contribution is -0.112. The average Bonchev–Trinajstić information content (AvgIpc) is 2.77. The van der Waals surface area contributed by atoms with Crippen molar-refractivity contribution in [2.24, 2.45) is 0 Å². The fraction of sp³-hybridized carbons (Fsp3) is 0.0625. The number of rotatable bonds is 3. The van der Waals surface area contributed by atoms with E-state index in [1.165, 1.54) is 13.2 Å². The zero-order valence-corrected chi connectivity index (χ0v) is 13.6. The van der Waals surface area contributed by atoms with Gasteiger partial charge >= 0.3 is 0 Å². The zero-order chi connectivity index (χ0) is 16.6. The van der Waals surface area contributed by atoms with Gasteiger partial charge in [-0.25, -0.2) is 8.42 Å². The normalized spacial score (nSPS) is 15.2. The molecule has 1 aliphatic rings. The molecule has 5 nitrogen and oxygen atoms in total. The van der Waals surface area contributed by atoms with E-state index >= 15 is 0 Å². The Morgan fingerprint density at radius 3 is 2.39 bits per heavy atom. The third kappa shape index (κ3) is 2.60. The topological polar surface area (TPSA) is 72.5 Å². The molecule has 0 bridgehead atoms. The Hall–Kier alpha value is -2.31. The van der Waals surface area contributed by atoms with E-state index in [4.69, 9.17) is 16.3 Å². The molecule has 0 saturated heterocycles. The molecule has 7 heteroatoms. The summed E-state index contributed by atoms with van der Waals surface area (Å²) in [7, 11) is -2.58. The maximum atomic E-state index is 12.6. The Balaban J connectivity index is 2.04. The van der Waals surface area contributed by atoms with Crippen LogP contribution in [0.1, 0.15) is 5.56 Å². The first kappa shape index (κ1) is 15.6. The van der Waals surface area contributed by atoms with Gasteiger partial charge in [0.15, 0.2) is 10.7 Å². The van der Waals surface area contributed by atoms with Gasteiger partial charge in [0.05, 0.1) is 12.0 Å². The summed E-state index contributed by atoms with van der Waals surface area (Å²) in [4.78, 5) is 12.2. The van der Waals surface area contributed by atoms with Crippen molar-refractivity contribution in [2.75, 3.05) is 12.4 Å². The second-order valence-electron chi connectivity index (χ2n) is 4.82. The smallest absolute Gasteiger partial charge is 0.271 e. The summed E-state index contributed by atoms with van der Waals surface area (Å²) in [5.41, 5.74) is 0.824. The van der Waals surface area contributed by atoms with Gasteiger partial charge in [0.25, 0.3) is 5.91 Å². The standard InChI is InChI=1S/C16H12ClNO4S/c1-22-14-12-4-2-3-5-13(12)23(20,21)15(14)16(19)18-11-8-6-10(17)7-9-11/h2-9H,1H3,(H,18,19). The summed E-state index contributed by atoms with van der Waals surface area (Å²) < 4.78 is 30.4. The Morgan fingerprint density at radius 1 is 1.09 bits per heavy atom. The van der Waals surface area contributed by atoms with Crippen LogP contribution in [0, 0.1) is 0 Å². The molecular formula is C16H12ClNO4S. The molecule has 0 unspecified atom stereocenters. The average molecular weight is 350 g/mol. The molecule has 0 atom stereocenters. The molecule has 0 spiro atoms. The Morgan fingerprint density at radius 2 is 1.74 bits per heavy atom. The van der Waals surface area contributed by atoms with E-state index < -0.39 is 20.6 Å². The maximum absolute atomic E-state index is 12.6. The predicted molar refractivity (Wildman–Crippen MR) is 87.6 cm³/mol. The molecule has 2 aromatic rings. The van der Waals surface area contributed by atoms with Crippen LogP contribution in [0.3, 0.4) is 0 Å². The largest absolute Gasteiger partial charge is 0.494 e. The van der Waals surface area contributed by atoms with Crippen molar-refractivity contribution in [1.82, 2.24) is 0 Å². The second kappa shape index (κ2) is 5.72. The number of anilines is 1. The summed E-state index contributed by atoms with van der Waals surface area (Å²) in [5.74, 6) is -0.701. The van der Waals surface area contributed by atoms with Crippen molar-refractivity contribution in [3.05, 3.63) is 64.0 Å². The molecule has 3 rings (SSSR count). The highest BCUT2D eigenvalue weighted by Crippen LogP contribution is 2.39. The van der Waals surface area contributed by atoms with Crippen LogP contribution in [0.2, 0.25) is 5.02 Å². The van der Waals surface area contributed by atoms with Crippen molar-refractivity contribution in [3.63, 3.8) is 0 Å². The Labute approximate surface area is 138 Å². The van der Waals surface area contributed by atoms with Crippen molar-refractivity contribution in [3.8, 4) is 0 Å². The number of nitrogens with one attached hydrogen (secondary N) is 1. The molecule has 1 amide bonds. The molecule has 1 heterocycles. The third-order valence-electron chi connectivity index (χ3n) is 3.41.